The van der Waals surface area contributed by atoms with E-state index in [1.807, 2.05) is 24.0 Å². The zero-order valence-corrected chi connectivity index (χ0v) is 15.8. The smallest absolute Gasteiger partial charge is 0.305 e. The molecule has 0 saturated carbocycles. The van der Waals surface area contributed by atoms with Crippen LogP contribution in [0.3, 0.4) is 0 Å². The maximum Gasteiger partial charge on any atom is 0.305 e. The van der Waals surface area contributed by atoms with E-state index in [0.29, 0.717) is 42.8 Å². The van der Waals surface area contributed by atoms with Crippen molar-refractivity contribution in [2.45, 2.75) is 39.5 Å². The second-order valence-electron chi connectivity index (χ2n) is 6.81. The van der Waals surface area contributed by atoms with Gasteiger partial charge in [0.15, 0.2) is 0 Å². The van der Waals surface area contributed by atoms with Gasteiger partial charge in [0.2, 0.25) is 11.8 Å². The molecule has 1 aliphatic heterocycles. The number of likely N-dealkylation sites (tertiary alicyclic amines) is 1. The van der Waals surface area contributed by atoms with Crippen molar-refractivity contribution in [2.75, 3.05) is 19.7 Å². The van der Waals surface area contributed by atoms with Crippen LogP contribution < -0.4 is 0 Å². The Hall–Kier alpha value is -2.70. The third-order valence-corrected chi connectivity index (χ3v) is 4.77. The number of esters is 1. The Morgan fingerprint density at radius 1 is 1.26 bits per heavy atom. The molecule has 1 aliphatic rings. The molecule has 0 spiro atoms. The van der Waals surface area contributed by atoms with Crippen LogP contribution in [0.25, 0.3) is 11.5 Å². The Bertz CT molecular complexity index is 785. The van der Waals surface area contributed by atoms with Gasteiger partial charge in [-0.2, -0.15) is 0 Å². The molecule has 0 N–H and O–H groups in total. The van der Waals surface area contributed by atoms with E-state index in [1.54, 1.807) is 19.1 Å². The predicted molar refractivity (Wildman–Crippen MR) is 99.0 cm³/mol. The minimum Gasteiger partial charge on any atom is -0.466 e. The van der Waals surface area contributed by atoms with Crippen LogP contribution in [0.2, 0.25) is 0 Å². The Kier molecular flexibility index (Phi) is 6.21. The molecular weight excluding hydrogens is 346 g/mol. The van der Waals surface area contributed by atoms with Crippen molar-refractivity contribution in [1.29, 1.82) is 0 Å². The van der Waals surface area contributed by atoms with Gasteiger partial charge in [-0.1, -0.05) is 0 Å². The fraction of sp³-hybridized carbons (Fsp3) is 0.500. The highest BCUT2D eigenvalue weighted by atomic mass is 16.5. The first-order valence-corrected chi connectivity index (χ1v) is 9.42. The Labute approximate surface area is 158 Å². The summed E-state index contributed by atoms with van der Waals surface area (Å²) in [5.74, 6) is 1.15. The minimum atomic E-state index is -0.159. The maximum atomic E-state index is 12.8. The van der Waals surface area contributed by atoms with E-state index in [4.69, 9.17) is 9.15 Å². The molecule has 0 radical (unpaired) electrons. The first kappa shape index (κ1) is 19.1. The molecule has 27 heavy (non-hydrogen) atoms. The van der Waals surface area contributed by atoms with Gasteiger partial charge in [0.1, 0.15) is 0 Å². The van der Waals surface area contributed by atoms with Gasteiger partial charge in [-0.05, 0) is 56.4 Å². The first-order valence-electron chi connectivity index (χ1n) is 9.42. The number of nitrogens with zero attached hydrogens (tertiary/aromatic N) is 3. The Balaban J connectivity index is 1.58. The third-order valence-electron chi connectivity index (χ3n) is 4.77. The van der Waals surface area contributed by atoms with Gasteiger partial charge < -0.3 is 14.1 Å². The van der Waals surface area contributed by atoms with Crippen molar-refractivity contribution in [1.82, 2.24) is 15.1 Å². The second kappa shape index (κ2) is 8.79. The summed E-state index contributed by atoms with van der Waals surface area (Å²) in [4.78, 5) is 26.3. The Morgan fingerprint density at radius 2 is 2.04 bits per heavy atom. The minimum absolute atomic E-state index is 0.0177. The van der Waals surface area contributed by atoms with Gasteiger partial charge in [0.25, 0.3) is 5.91 Å². The quantitative estimate of drug-likeness (QED) is 0.725. The average Bonchev–Trinajstić information content (AvgIpc) is 3.13. The highest BCUT2D eigenvalue weighted by Crippen LogP contribution is 2.24. The molecule has 7 heteroatoms. The summed E-state index contributed by atoms with van der Waals surface area (Å²) in [5.41, 5.74) is 1.43. The van der Waals surface area contributed by atoms with Crippen LogP contribution in [0.15, 0.2) is 28.7 Å². The van der Waals surface area contributed by atoms with E-state index in [1.165, 1.54) is 0 Å². The van der Waals surface area contributed by atoms with Crippen LogP contribution in [0.1, 0.15) is 48.9 Å². The molecule has 0 bridgehead atoms. The zero-order chi connectivity index (χ0) is 19.2. The lowest BCUT2D eigenvalue weighted by atomic mass is 9.93. The van der Waals surface area contributed by atoms with E-state index in [2.05, 4.69) is 10.2 Å². The normalized spacial score (nSPS) is 17.0. The molecular formula is C20H25N3O4. The number of amides is 1. The van der Waals surface area contributed by atoms with Gasteiger partial charge in [-0.25, -0.2) is 0 Å². The monoisotopic (exact) mass is 371 g/mol. The van der Waals surface area contributed by atoms with E-state index >= 15 is 0 Å². The number of benzene rings is 1. The van der Waals surface area contributed by atoms with E-state index in [-0.39, 0.29) is 11.9 Å². The molecule has 2 aromatic rings. The summed E-state index contributed by atoms with van der Waals surface area (Å²) in [6.07, 6.45) is 3.17. The fourth-order valence-corrected chi connectivity index (χ4v) is 3.39. The lowest BCUT2D eigenvalue weighted by molar-refractivity contribution is -0.143. The maximum absolute atomic E-state index is 12.8. The highest BCUT2D eigenvalue weighted by Gasteiger charge is 2.25. The second-order valence-corrected chi connectivity index (χ2v) is 6.81. The summed E-state index contributed by atoms with van der Waals surface area (Å²) < 4.78 is 10.4. The van der Waals surface area contributed by atoms with Crippen LogP contribution in [-0.2, 0) is 9.53 Å². The van der Waals surface area contributed by atoms with Crippen molar-refractivity contribution in [2.24, 2.45) is 5.92 Å². The van der Waals surface area contributed by atoms with Crippen LogP contribution >= 0.6 is 0 Å². The number of carbonyl (C=O) groups is 2. The molecule has 1 aromatic carbocycles. The molecule has 1 amide bonds. The molecule has 0 unspecified atom stereocenters. The number of ether oxygens (including phenoxy) is 1. The van der Waals surface area contributed by atoms with Gasteiger partial charge in [0, 0.05) is 37.6 Å². The number of carbonyl (C=O) groups excluding carboxylic acids is 2. The molecule has 144 valence electrons. The number of rotatable bonds is 6. The van der Waals surface area contributed by atoms with Crippen molar-refractivity contribution in [3.05, 3.63) is 35.7 Å². The van der Waals surface area contributed by atoms with Gasteiger partial charge in [0.05, 0.1) is 6.61 Å². The molecule has 7 nitrogen and oxygen atoms in total. The SMILES string of the molecule is CCOC(=O)CC[C@@H]1CCCN(C(=O)c2ccc(-c3nnc(C)o3)cc2)C1. The first-order chi connectivity index (χ1) is 13.1. The molecule has 2 heterocycles. The standard InChI is InChI=1S/C20H25N3O4/c1-3-26-18(24)11-6-15-5-4-12-23(13-15)20(25)17-9-7-16(8-10-17)19-22-21-14(2)27-19/h7-10,15H,3-6,11-13H2,1-2H3/t15-/m0/s1. The fourth-order valence-electron chi connectivity index (χ4n) is 3.39. The largest absolute Gasteiger partial charge is 0.466 e. The van der Waals surface area contributed by atoms with Gasteiger partial charge in [-0.3, -0.25) is 9.59 Å². The molecule has 1 aromatic heterocycles. The number of hydrogen-bond acceptors (Lipinski definition) is 6. The molecule has 1 saturated heterocycles. The van der Waals surface area contributed by atoms with Crippen LogP contribution in [-0.4, -0.2) is 46.7 Å². The number of hydrogen-bond donors (Lipinski definition) is 0. The van der Waals surface area contributed by atoms with Crippen LogP contribution in [0.5, 0.6) is 0 Å². The lowest BCUT2D eigenvalue weighted by Crippen LogP contribution is -2.40. The van der Waals surface area contributed by atoms with Gasteiger partial charge >= 0.3 is 5.97 Å². The van der Waals surface area contributed by atoms with Gasteiger partial charge in [-0.15, -0.1) is 10.2 Å². The van der Waals surface area contributed by atoms with Crippen molar-refractivity contribution in [3.63, 3.8) is 0 Å². The summed E-state index contributed by atoms with van der Waals surface area (Å²) in [6, 6.07) is 7.23. The van der Waals surface area contributed by atoms with Crippen LogP contribution in [0.4, 0.5) is 0 Å². The average molecular weight is 371 g/mol. The molecule has 1 atom stereocenters. The van der Waals surface area contributed by atoms with E-state index in [0.717, 1.165) is 31.4 Å². The van der Waals surface area contributed by atoms with E-state index < -0.39 is 0 Å². The highest BCUT2D eigenvalue weighted by molar-refractivity contribution is 5.94. The van der Waals surface area contributed by atoms with Crippen molar-refractivity contribution in [3.8, 4) is 11.5 Å². The van der Waals surface area contributed by atoms with Crippen LogP contribution in [0, 0.1) is 12.8 Å². The Morgan fingerprint density at radius 3 is 2.70 bits per heavy atom. The molecule has 1 fully saturated rings. The topological polar surface area (TPSA) is 85.5 Å². The summed E-state index contributed by atoms with van der Waals surface area (Å²) in [5, 5.41) is 7.81. The van der Waals surface area contributed by atoms with Crippen molar-refractivity contribution < 1.29 is 18.7 Å². The van der Waals surface area contributed by atoms with Crippen molar-refractivity contribution >= 4 is 11.9 Å². The number of piperidine rings is 1. The third kappa shape index (κ3) is 4.93. The lowest BCUT2D eigenvalue weighted by Gasteiger charge is -2.32. The van der Waals surface area contributed by atoms with E-state index in [9.17, 15) is 9.59 Å². The molecule has 3 rings (SSSR count). The predicted octanol–water partition coefficient (Wildman–Crippen LogP) is 3.24. The summed E-state index contributed by atoms with van der Waals surface area (Å²) in [7, 11) is 0. The number of aromatic nitrogens is 2. The summed E-state index contributed by atoms with van der Waals surface area (Å²) in [6.45, 7) is 5.39. The number of aryl methyl sites for hydroxylation is 1. The zero-order valence-electron chi connectivity index (χ0n) is 15.8. The molecule has 0 aliphatic carbocycles. The summed E-state index contributed by atoms with van der Waals surface area (Å²) >= 11 is 0.